The Bertz CT molecular complexity index is 1530. The summed E-state index contributed by atoms with van der Waals surface area (Å²) >= 11 is 0. The number of fused-ring (bicyclic) bond motifs is 2. The first-order valence-electron chi connectivity index (χ1n) is 10.7. The molecule has 38 heavy (non-hydrogen) atoms. The average molecular weight is 568 g/mol. The third kappa shape index (κ3) is 6.67. The topological polar surface area (TPSA) is 200 Å². The van der Waals surface area contributed by atoms with E-state index in [1.54, 1.807) is 0 Å². The molecule has 0 aliphatic carbocycles. The summed E-state index contributed by atoms with van der Waals surface area (Å²) < 4.78 is 0. The predicted octanol–water partition coefficient (Wildman–Crippen LogP) is -2.77. The minimum Gasteiger partial charge on any atom is -0.543 e. The van der Waals surface area contributed by atoms with Crippen LogP contribution in [-0.4, -0.2) is 33.4 Å². The Morgan fingerprint density at radius 2 is 1.89 bits per heavy atom. The van der Waals surface area contributed by atoms with Gasteiger partial charge in [0.05, 0.1) is 17.2 Å². The molecule has 6 N–H and O–H groups in total. The van der Waals surface area contributed by atoms with Gasteiger partial charge in [-0.15, -0.1) is 12.4 Å². The predicted molar refractivity (Wildman–Crippen MR) is 141 cm³/mol. The summed E-state index contributed by atoms with van der Waals surface area (Å²) in [6.07, 6.45) is 3.40. The maximum absolute atomic E-state index is 11.6. The number of carbonyl (C=O) groups is 2. The van der Waals surface area contributed by atoms with Crippen molar-refractivity contribution < 1.29 is 66.1 Å². The van der Waals surface area contributed by atoms with Crippen LogP contribution in [0, 0.1) is 0 Å². The van der Waals surface area contributed by atoms with Crippen molar-refractivity contribution in [3.8, 4) is 0 Å². The minimum atomic E-state index is -1.40. The van der Waals surface area contributed by atoms with Crippen molar-refractivity contribution in [1.29, 1.82) is 0 Å². The Balaban J connectivity index is 0.000000357. The number of nitrogens with two attached hydrogens (primary N) is 2. The second kappa shape index (κ2) is 13.9. The Hall–Kier alpha value is -2.65. The molecule has 0 unspecified atom stereocenters. The molecule has 0 saturated carbocycles. The molecule has 1 aliphatic heterocycles. The van der Waals surface area contributed by atoms with Crippen molar-refractivity contribution in [2.24, 2.45) is 5.73 Å². The number of nitrogen functional groups attached to an aromatic ring is 1. The smallest absolute Gasteiger partial charge is 0.543 e. The van der Waals surface area contributed by atoms with E-state index in [0.717, 1.165) is 23.9 Å². The van der Waals surface area contributed by atoms with E-state index in [1.807, 2.05) is 11.0 Å². The van der Waals surface area contributed by atoms with Crippen molar-refractivity contribution in [3.05, 3.63) is 73.6 Å². The summed E-state index contributed by atoms with van der Waals surface area (Å²) in [5.74, 6) is -1.67. The monoisotopic (exact) mass is 567 g/mol. The van der Waals surface area contributed by atoms with E-state index in [4.69, 9.17) is 11.5 Å². The molecule has 0 atom stereocenters. The van der Waals surface area contributed by atoms with Gasteiger partial charge in [0, 0.05) is 32.8 Å². The molecule has 0 saturated heterocycles. The fourth-order valence-corrected chi connectivity index (χ4v) is 4.02. The van der Waals surface area contributed by atoms with Gasteiger partial charge in [-0.1, -0.05) is 25.6 Å². The zero-order valence-corrected chi connectivity index (χ0v) is 24.1. The van der Waals surface area contributed by atoms with Gasteiger partial charge in [0.15, 0.2) is 0 Å². The first-order valence-corrected chi connectivity index (χ1v) is 10.7. The zero-order chi connectivity index (χ0) is 25.3. The van der Waals surface area contributed by atoms with Crippen LogP contribution in [-0.2, 0) is 24.3 Å². The molecule has 4 aromatic rings. The number of halogens is 1. The third-order valence-electron chi connectivity index (χ3n) is 5.72. The van der Waals surface area contributed by atoms with Crippen LogP contribution in [0.2, 0.25) is 0 Å². The molecule has 1 amide bonds. The van der Waals surface area contributed by atoms with E-state index >= 15 is 0 Å². The first kappa shape index (κ1) is 33.4. The number of amides is 1. The maximum Gasteiger partial charge on any atom is 1.00 e. The standard InChI is InChI=1S/C14H15N3O2.C9H8N4O3.CH4.ClH.K/c15-6-8-1-2-9-3-4-17(7-10(9)5-8)12-11(16)13(18)14(12)19;1-4(14)13-5-2-10-7-6(5)11-3-12-8(7)9(15)16;;;/h1-2,5H,3-4,6-7,15-16H2;2-3,10H,1H3,(H,13,14)(H,15,16);1H4;1H;/q;;;;+1/p-1. The molecule has 196 valence electrons. The second-order valence-electron chi connectivity index (χ2n) is 8.02. The van der Waals surface area contributed by atoms with Gasteiger partial charge in [-0.2, -0.15) is 0 Å². The molecule has 2 aromatic carbocycles. The van der Waals surface area contributed by atoms with E-state index in [0.29, 0.717) is 36.5 Å². The molecule has 2 aromatic heterocycles. The van der Waals surface area contributed by atoms with Crippen molar-refractivity contribution in [1.82, 2.24) is 15.0 Å². The zero-order valence-electron chi connectivity index (χ0n) is 20.2. The van der Waals surface area contributed by atoms with E-state index in [2.05, 4.69) is 32.4 Å². The molecule has 0 bridgehead atoms. The number of hydrogen-bond donors (Lipinski definition) is 4. The number of nitrogens with zero attached hydrogens (tertiary/aromatic N) is 3. The number of aromatic amines is 1. The first-order chi connectivity index (χ1) is 16.7. The van der Waals surface area contributed by atoms with Crippen molar-refractivity contribution in [3.63, 3.8) is 0 Å². The SMILES string of the molecule is C.CC(=O)Nc1c[nH]c2c(C(=O)[O-])ncnc12.Cl.NCc1ccc2c(c1)CN(c1c(N)c(=O)c1=O)CC2.[K+]. The molecule has 3 heterocycles. The van der Waals surface area contributed by atoms with E-state index in [9.17, 15) is 24.3 Å². The van der Waals surface area contributed by atoms with Gasteiger partial charge in [-0.3, -0.25) is 14.4 Å². The van der Waals surface area contributed by atoms with Crippen LogP contribution in [0.25, 0.3) is 11.0 Å². The quantitative estimate of drug-likeness (QED) is 0.148. The number of rotatable bonds is 4. The van der Waals surface area contributed by atoms with Crippen LogP contribution >= 0.6 is 12.4 Å². The third-order valence-corrected chi connectivity index (χ3v) is 5.72. The van der Waals surface area contributed by atoms with Crippen molar-refractivity contribution in [2.45, 2.75) is 33.9 Å². The largest absolute Gasteiger partial charge is 1.00 e. The van der Waals surface area contributed by atoms with Crippen LogP contribution in [0.4, 0.5) is 17.1 Å². The van der Waals surface area contributed by atoms with Gasteiger partial charge >= 0.3 is 51.4 Å². The van der Waals surface area contributed by atoms with Gasteiger partial charge in [0.1, 0.15) is 28.9 Å². The number of carboxylic acid groups (broad SMARTS) is 1. The van der Waals surface area contributed by atoms with Crippen LogP contribution in [0.3, 0.4) is 0 Å². The number of carbonyl (C=O) groups excluding carboxylic acids is 2. The summed E-state index contributed by atoms with van der Waals surface area (Å²) in [4.78, 5) is 56.4. The van der Waals surface area contributed by atoms with Crippen LogP contribution in [0.5, 0.6) is 0 Å². The molecule has 5 rings (SSSR count). The molecule has 0 fully saturated rings. The van der Waals surface area contributed by atoms with Gasteiger partial charge < -0.3 is 36.6 Å². The van der Waals surface area contributed by atoms with Gasteiger partial charge in [-0.25, -0.2) is 9.97 Å². The average Bonchev–Trinajstić information content (AvgIpc) is 3.26. The Kier molecular flexibility index (Phi) is 12.2. The molecule has 12 nitrogen and oxygen atoms in total. The summed E-state index contributed by atoms with van der Waals surface area (Å²) in [5, 5.41) is 13.3. The molecule has 0 radical (unpaired) electrons. The number of aromatic nitrogens is 3. The minimum absolute atomic E-state index is 0. The normalized spacial score (nSPS) is 11.7. The number of hydrogen-bond acceptors (Lipinski definition) is 10. The number of H-pyrrole nitrogens is 1. The molecule has 14 heteroatoms. The summed E-state index contributed by atoms with van der Waals surface area (Å²) in [6, 6.07) is 6.17. The summed E-state index contributed by atoms with van der Waals surface area (Å²) in [6.45, 7) is 3.16. The number of aromatic carboxylic acids is 1. The van der Waals surface area contributed by atoms with Crippen LogP contribution < -0.4 is 89.0 Å². The fourth-order valence-electron chi connectivity index (χ4n) is 4.02. The molecular weight excluding hydrogens is 541 g/mol. The van der Waals surface area contributed by atoms with Gasteiger partial charge in [0.2, 0.25) is 5.91 Å². The Morgan fingerprint density at radius 1 is 1.18 bits per heavy atom. The van der Waals surface area contributed by atoms with E-state index < -0.39 is 16.8 Å². The Morgan fingerprint density at radius 3 is 2.50 bits per heavy atom. The van der Waals surface area contributed by atoms with Gasteiger partial charge in [-0.05, 0) is 23.1 Å². The summed E-state index contributed by atoms with van der Waals surface area (Å²) in [7, 11) is 0. The van der Waals surface area contributed by atoms with Crippen LogP contribution in [0.1, 0.15) is 41.5 Å². The maximum atomic E-state index is 11.6. The fraction of sp³-hybridized carbons (Fsp3) is 0.250. The number of nitrogens with one attached hydrogen (secondary N) is 2. The van der Waals surface area contributed by atoms with E-state index in [-0.39, 0.29) is 94.0 Å². The van der Waals surface area contributed by atoms with Gasteiger partial charge in [0.25, 0.3) is 10.9 Å². The molecular formula is C24H27ClKN7O5. The summed E-state index contributed by atoms with van der Waals surface area (Å²) in [5.41, 5.74) is 14.9. The molecule has 1 aliphatic rings. The number of benzene rings is 1. The molecule has 0 spiro atoms. The van der Waals surface area contributed by atoms with Crippen molar-refractivity contribution >= 4 is 52.4 Å². The van der Waals surface area contributed by atoms with Crippen molar-refractivity contribution in [2.75, 3.05) is 22.5 Å². The number of anilines is 3. The Labute approximate surface area is 266 Å². The van der Waals surface area contributed by atoms with E-state index in [1.165, 1.54) is 18.7 Å². The van der Waals surface area contributed by atoms with Crippen LogP contribution in [0.15, 0.2) is 40.3 Å². The number of carboxylic acids is 1. The second-order valence-corrected chi connectivity index (χ2v) is 8.02.